The first-order valence-corrected chi connectivity index (χ1v) is 5.99. The Morgan fingerprint density at radius 2 is 2.36 bits per heavy atom. The summed E-state index contributed by atoms with van der Waals surface area (Å²) in [7, 11) is 2.11. The summed E-state index contributed by atoms with van der Waals surface area (Å²) in [5.74, 6) is 0. The monoisotopic (exact) mass is 211 g/mol. The van der Waals surface area contributed by atoms with E-state index in [2.05, 4.69) is 29.5 Å². The van der Waals surface area contributed by atoms with Gasteiger partial charge in [-0.15, -0.1) is 11.3 Å². The molecule has 0 unspecified atom stereocenters. The average molecular weight is 211 g/mol. The summed E-state index contributed by atoms with van der Waals surface area (Å²) in [6, 6.07) is 4.21. The Hall–Kier alpha value is -0.540. The van der Waals surface area contributed by atoms with Crippen LogP contribution in [0.2, 0.25) is 0 Å². The fraction of sp³-hybridized carbons (Fsp3) is 0.636. The normalized spacial score (nSPS) is 19.0. The number of anilines is 1. The zero-order valence-electron chi connectivity index (χ0n) is 8.57. The third kappa shape index (κ3) is 1.79. The number of aliphatic hydroxyl groups excluding tert-OH is 1. The molecule has 0 atom stereocenters. The van der Waals surface area contributed by atoms with Crippen LogP contribution in [0.15, 0.2) is 17.5 Å². The van der Waals surface area contributed by atoms with Crippen molar-refractivity contribution in [1.29, 1.82) is 0 Å². The van der Waals surface area contributed by atoms with Crippen molar-refractivity contribution >= 4 is 16.3 Å². The maximum absolute atomic E-state index is 9.36. The van der Waals surface area contributed by atoms with Crippen LogP contribution < -0.4 is 4.90 Å². The Kier molecular flexibility index (Phi) is 2.79. The van der Waals surface area contributed by atoms with E-state index < -0.39 is 0 Å². The molecule has 0 amide bonds. The lowest BCUT2D eigenvalue weighted by molar-refractivity contribution is 0.0525. The van der Waals surface area contributed by atoms with Crippen LogP contribution in [0.4, 0.5) is 5.00 Å². The minimum Gasteiger partial charge on any atom is -0.396 e. The molecule has 1 aromatic heterocycles. The summed E-state index contributed by atoms with van der Waals surface area (Å²) in [5, 5.41) is 12.8. The highest BCUT2D eigenvalue weighted by Crippen LogP contribution is 2.41. The Morgan fingerprint density at radius 1 is 1.57 bits per heavy atom. The van der Waals surface area contributed by atoms with Gasteiger partial charge in [-0.1, -0.05) is 6.42 Å². The van der Waals surface area contributed by atoms with Gasteiger partial charge in [0.1, 0.15) is 0 Å². The average Bonchev–Trinajstić information content (AvgIpc) is 2.63. The van der Waals surface area contributed by atoms with E-state index in [9.17, 15) is 5.11 Å². The Balaban J connectivity index is 1.97. The quantitative estimate of drug-likeness (QED) is 0.826. The summed E-state index contributed by atoms with van der Waals surface area (Å²) in [5.41, 5.74) is 0.193. The van der Waals surface area contributed by atoms with E-state index in [1.54, 1.807) is 11.3 Å². The van der Waals surface area contributed by atoms with Crippen LogP contribution in [0.5, 0.6) is 0 Å². The smallest absolute Gasteiger partial charge is 0.0906 e. The van der Waals surface area contributed by atoms with Crippen LogP contribution in [-0.2, 0) is 0 Å². The van der Waals surface area contributed by atoms with Gasteiger partial charge in [0.15, 0.2) is 0 Å². The topological polar surface area (TPSA) is 23.5 Å². The highest BCUT2D eigenvalue weighted by molar-refractivity contribution is 7.14. The zero-order chi connectivity index (χ0) is 10.0. The van der Waals surface area contributed by atoms with Crippen molar-refractivity contribution in [3.05, 3.63) is 17.5 Å². The van der Waals surface area contributed by atoms with Crippen LogP contribution in [0.3, 0.4) is 0 Å². The summed E-state index contributed by atoms with van der Waals surface area (Å²) >= 11 is 1.76. The van der Waals surface area contributed by atoms with Crippen molar-refractivity contribution in [3.63, 3.8) is 0 Å². The summed E-state index contributed by atoms with van der Waals surface area (Å²) in [4.78, 5) is 2.26. The largest absolute Gasteiger partial charge is 0.396 e. The standard InChI is InChI=1S/C11H17NOS/c1-12(10-4-2-7-14-10)8-11(9-13)5-3-6-11/h2,4,7,13H,3,5-6,8-9H2,1H3. The lowest BCUT2D eigenvalue weighted by atomic mass is 9.69. The molecule has 2 rings (SSSR count). The molecule has 1 aliphatic carbocycles. The molecular formula is C11H17NOS. The molecule has 2 nitrogen and oxygen atoms in total. The molecule has 1 aliphatic rings. The number of hydrogen-bond donors (Lipinski definition) is 1. The fourth-order valence-corrected chi connectivity index (χ4v) is 2.81. The lowest BCUT2D eigenvalue weighted by Gasteiger charge is -2.43. The fourth-order valence-electron chi connectivity index (χ4n) is 2.11. The molecule has 14 heavy (non-hydrogen) atoms. The molecule has 1 aromatic rings. The molecule has 0 saturated heterocycles. The molecule has 0 aromatic carbocycles. The number of thiophene rings is 1. The molecule has 1 heterocycles. The van der Waals surface area contributed by atoms with Gasteiger partial charge in [0.25, 0.3) is 0 Å². The Morgan fingerprint density at radius 3 is 2.79 bits per heavy atom. The first-order chi connectivity index (χ1) is 6.76. The van der Waals surface area contributed by atoms with E-state index in [1.165, 1.54) is 24.3 Å². The molecule has 78 valence electrons. The second kappa shape index (κ2) is 3.91. The summed E-state index contributed by atoms with van der Waals surface area (Å²) in [6.45, 7) is 1.33. The van der Waals surface area contributed by atoms with Crippen molar-refractivity contribution in [2.75, 3.05) is 25.1 Å². The molecule has 0 bridgehead atoms. The van der Waals surface area contributed by atoms with Crippen molar-refractivity contribution in [2.45, 2.75) is 19.3 Å². The maximum atomic E-state index is 9.36. The predicted molar refractivity (Wildman–Crippen MR) is 61.0 cm³/mol. The lowest BCUT2D eigenvalue weighted by Crippen LogP contribution is -2.43. The van der Waals surface area contributed by atoms with Gasteiger partial charge in [-0.2, -0.15) is 0 Å². The second-order valence-corrected chi connectivity index (χ2v) is 5.25. The predicted octanol–water partition coefficient (Wildman–Crippen LogP) is 2.35. The van der Waals surface area contributed by atoms with Crippen molar-refractivity contribution in [1.82, 2.24) is 0 Å². The summed E-state index contributed by atoms with van der Waals surface area (Å²) in [6.07, 6.45) is 3.64. The Bertz CT molecular complexity index is 274. The van der Waals surface area contributed by atoms with Crippen LogP contribution in [0, 0.1) is 5.41 Å². The van der Waals surface area contributed by atoms with Crippen LogP contribution in [-0.4, -0.2) is 25.3 Å². The first-order valence-electron chi connectivity index (χ1n) is 5.11. The minimum absolute atomic E-state index is 0.193. The number of rotatable bonds is 4. The van der Waals surface area contributed by atoms with Gasteiger partial charge in [-0.3, -0.25) is 0 Å². The number of nitrogens with zero attached hydrogens (tertiary/aromatic N) is 1. The van der Waals surface area contributed by atoms with Crippen LogP contribution >= 0.6 is 11.3 Å². The molecule has 0 spiro atoms. The SMILES string of the molecule is CN(CC1(CO)CCC1)c1cccs1. The van der Waals surface area contributed by atoms with Crippen molar-refractivity contribution in [2.24, 2.45) is 5.41 Å². The Labute approximate surface area is 89.2 Å². The van der Waals surface area contributed by atoms with Gasteiger partial charge in [0.2, 0.25) is 0 Å². The van der Waals surface area contributed by atoms with Crippen molar-refractivity contribution < 1.29 is 5.11 Å². The summed E-state index contributed by atoms with van der Waals surface area (Å²) < 4.78 is 0. The number of aliphatic hydroxyl groups is 1. The van der Waals surface area contributed by atoms with Crippen LogP contribution in [0.1, 0.15) is 19.3 Å². The molecule has 0 radical (unpaired) electrons. The van der Waals surface area contributed by atoms with Gasteiger partial charge < -0.3 is 10.0 Å². The third-order valence-electron chi connectivity index (χ3n) is 3.20. The van der Waals surface area contributed by atoms with Gasteiger partial charge in [0.05, 0.1) is 11.6 Å². The first kappa shape index (κ1) is 9.99. The van der Waals surface area contributed by atoms with E-state index in [4.69, 9.17) is 0 Å². The van der Waals surface area contributed by atoms with Crippen molar-refractivity contribution in [3.8, 4) is 0 Å². The van der Waals surface area contributed by atoms with Gasteiger partial charge in [-0.05, 0) is 30.4 Å². The van der Waals surface area contributed by atoms with E-state index in [1.807, 2.05) is 0 Å². The third-order valence-corrected chi connectivity index (χ3v) is 4.19. The highest BCUT2D eigenvalue weighted by atomic mass is 32.1. The highest BCUT2D eigenvalue weighted by Gasteiger charge is 2.37. The maximum Gasteiger partial charge on any atom is 0.0906 e. The molecule has 1 N–H and O–H groups in total. The van der Waals surface area contributed by atoms with E-state index in [-0.39, 0.29) is 5.41 Å². The molecular weight excluding hydrogens is 194 g/mol. The second-order valence-electron chi connectivity index (χ2n) is 4.32. The molecule has 0 aliphatic heterocycles. The van der Waals surface area contributed by atoms with Gasteiger partial charge in [0, 0.05) is 19.0 Å². The van der Waals surface area contributed by atoms with E-state index in [0.717, 1.165) is 6.54 Å². The molecule has 3 heteroatoms. The molecule has 1 saturated carbocycles. The van der Waals surface area contributed by atoms with Gasteiger partial charge in [-0.25, -0.2) is 0 Å². The zero-order valence-corrected chi connectivity index (χ0v) is 9.39. The number of hydrogen-bond acceptors (Lipinski definition) is 3. The minimum atomic E-state index is 0.193. The van der Waals surface area contributed by atoms with Crippen LogP contribution in [0.25, 0.3) is 0 Å². The molecule has 1 fully saturated rings. The van der Waals surface area contributed by atoms with E-state index >= 15 is 0 Å². The van der Waals surface area contributed by atoms with Gasteiger partial charge >= 0.3 is 0 Å². The van der Waals surface area contributed by atoms with E-state index in [0.29, 0.717) is 6.61 Å².